The minimum atomic E-state index is -0.507. The Hall–Kier alpha value is -4.77. The van der Waals surface area contributed by atoms with Crippen molar-refractivity contribution in [1.29, 1.82) is 0 Å². The molecule has 2 aliphatic heterocycles. The van der Waals surface area contributed by atoms with Gasteiger partial charge in [-0.25, -0.2) is 9.07 Å². The van der Waals surface area contributed by atoms with E-state index in [0.717, 1.165) is 24.0 Å². The number of piperazine rings is 1. The molecule has 0 bridgehead atoms. The van der Waals surface area contributed by atoms with E-state index in [-0.39, 0.29) is 18.2 Å². The van der Waals surface area contributed by atoms with Gasteiger partial charge in [0.1, 0.15) is 11.9 Å². The Labute approximate surface area is 228 Å². The maximum absolute atomic E-state index is 13.6. The number of para-hydroxylation sites is 1. The minimum absolute atomic E-state index is 0.148. The van der Waals surface area contributed by atoms with Crippen LogP contribution in [0.15, 0.2) is 77.6 Å². The van der Waals surface area contributed by atoms with Gasteiger partial charge in [0.15, 0.2) is 17.3 Å². The number of aromatic amines is 1. The van der Waals surface area contributed by atoms with E-state index >= 15 is 0 Å². The van der Waals surface area contributed by atoms with Gasteiger partial charge < -0.3 is 19.4 Å². The molecule has 3 aromatic carbocycles. The molecule has 10 nitrogen and oxygen atoms in total. The molecule has 11 heteroatoms. The van der Waals surface area contributed by atoms with E-state index in [1.807, 2.05) is 30.3 Å². The standard InChI is InChI=1S/C29H26FN7O3/c30-21-8-6-19(7-9-21)17-37-28(32-33-34-37)27(36-12-10-35(11-13-36)22-4-2-1-3-5-22)23-14-20-15-25-26(40-18-39-25)16-24(20)31-29(23)38/h1-9,14-16,27H,10-13,17-18H2,(H,31,38)/t27-/m1/s1. The van der Waals surface area contributed by atoms with Crippen molar-refractivity contribution >= 4 is 16.6 Å². The number of anilines is 1. The molecule has 0 spiro atoms. The zero-order chi connectivity index (χ0) is 27.1. The van der Waals surface area contributed by atoms with Crippen LogP contribution in [0.5, 0.6) is 11.5 Å². The van der Waals surface area contributed by atoms with Crippen molar-refractivity contribution in [3.63, 3.8) is 0 Å². The molecule has 0 saturated carbocycles. The van der Waals surface area contributed by atoms with Gasteiger partial charge in [0.2, 0.25) is 6.79 Å². The van der Waals surface area contributed by atoms with Crippen molar-refractivity contribution < 1.29 is 13.9 Å². The number of benzene rings is 3. The van der Waals surface area contributed by atoms with Crippen LogP contribution in [0.25, 0.3) is 10.9 Å². The van der Waals surface area contributed by atoms with Gasteiger partial charge in [0.25, 0.3) is 5.56 Å². The first-order valence-electron chi connectivity index (χ1n) is 13.1. The summed E-state index contributed by atoms with van der Waals surface area (Å²) in [5.41, 5.74) is 2.99. The highest BCUT2D eigenvalue weighted by molar-refractivity contribution is 5.83. The van der Waals surface area contributed by atoms with Gasteiger partial charge in [0, 0.05) is 48.9 Å². The quantitative estimate of drug-likeness (QED) is 0.351. The van der Waals surface area contributed by atoms with Crippen LogP contribution < -0.4 is 19.9 Å². The first kappa shape index (κ1) is 24.3. The van der Waals surface area contributed by atoms with Crippen molar-refractivity contribution in [2.24, 2.45) is 0 Å². The summed E-state index contributed by atoms with van der Waals surface area (Å²) in [6.45, 7) is 3.44. The molecule has 1 N–H and O–H groups in total. The average molecular weight is 540 g/mol. The number of hydrogen-bond donors (Lipinski definition) is 1. The van der Waals surface area contributed by atoms with E-state index in [1.54, 1.807) is 22.9 Å². The first-order valence-corrected chi connectivity index (χ1v) is 13.1. The van der Waals surface area contributed by atoms with Crippen LogP contribution in [0.4, 0.5) is 10.1 Å². The van der Waals surface area contributed by atoms with Crippen molar-refractivity contribution in [3.05, 3.63) is 106 Å². The highest BCUT2D eigenvalue weighted by Gasteiger charge is 2.33. The molecule has 2 aromatic heterocycles. The summed E-state index contributed by atoms with van der Waals surface area (Å²) in [6.07, 6.45) is 0. The summed E-state index contributed by atoms with van der Waals surface area (Å²) in [7, 11) is 0. The van der Waals surface area contributed by atoms with Gasteiger partial charge in [-0.05, 0) is 52.4 Å². The number of aromatic nitrogens is 5. The predicted octanol–water partition coefficient (Wildman–Crippen LogP) is 3.34. The number of ether oxygens (including phenoxy) is 2. The van der Waals surface area contributed by atoms with Gasteiger partial charge in [-0.15, -0.1) is 5.10 Å². The topological polar surface area (TPSA) is 101 Å². The molecule has 1 fully saturated rings. The molecule has 40 heavy (non-hydrogen) atoms. The van der Waals surface area contributed by atoms with E-state index < -0.39 is 6.04 Å². The Morgan fingerprint density at radius 2 is 1.68 bits per heavy atom. The summed E-state index contributed by atoms with van der Waals surface area (Å²) in [5.74, 6) is 1.48. The van der Waals surface area contributed by atoms with E-state index in [0.29, 0.717) is 48.0 Å². The zero-order valence-electron chi connectivity index (χ0n) is 21.5. The number of halogens is 1. The monoisotopic (exact) mass is 539 g/mol. The number of rotatable bonds is 6. The summed E-state index contributed by atoms with van der Waals surface area (Å²) in [5, 5.41) is 13.5. The molecular weight excluding hydrogens is 513 g/mol. The Morgan fingerprint density at radius 3 is 2.45 bits per heavy atom. The second-order valence-corrected chi connectivity index (χ2v) is 9.93. The van der Waals surface area contributed by atoms with E-state index in [2.05, 4.69) is 42.4 Å². The number of fused-ring (bicyclic) bond motifs is 2. The van der Waals surface area contributed by atoms with E-state index in [9.17, 15) is 9.18 Å². The van der Waals surface area contributed by atoms with Crippen molar-refractivity contribution in [2.75, 3.05) is 37.9 Å². The van der Waals surface area contributed by atoms with Gasteiger partial charge >= 0.3 is 0 Å². The lowest BCUT2D eigenvalue weighted by Crippen LogP contribution is -2.49. The van der Waals surface area contributed by atoms with Crippen LogP contribution >= 0.6 is 0 Å². The van der Waals surface area contributed by atoms with Crippen LogP contribution in [0.2, 0.25) is 0 Å². The predicted molar refractivity (Wildman–Crippen MR) is 146 cm³/mol. The summed E-state index contributed by atoms with van der Waals surface area (Å²) in [6, 6.07) is 21.6. The molecule has 4 heterocycles. The number of pyridine rings is 1. The molecular formula is C29H26FN7O3. The summed E-state index contributed by atoms with van der Waals surface area (Å²) < 4.78 is 26.3. The fourth-order valence-electron chi connectivity index (χ4n) is 5.48. The van der Waals surface area contributed by atoms with Crippen LogP contribution in [0.3, 0.4) is 0 Å². The fraction of sp³-hybridized carbons (Fsp3) is 0.241. The Balaban J connectivity index is 1.28. The number of nitrogens with zero attached hydrogens (tertiary/aromatic N) is 6. The fourth-order valence-corrected chi connectivity index (χ4v) is 5.48. The molecule has 0 aliphatic carbocycles. The molecule has 2 aliphatic rings. The molecule has 5 aromatic rings. The molecule has 202 valence electrons. The van der Waals surface area contributed by atoms with E-state index in [1.165, 1.54) is 17.8 Å². The Bertz CT molecular complexity index is 1710. The van der Waals surface area contributed by atoms with Crippen molar-refractivity contribution in [3.8, 4) is 11.5 Å². The smallest absolute Gasteiger partial charge is 0.253 e. The Morgan fingerprint density at radius 1 is 0.925 bits per heavy atom. The van der Waals surface area contributed by atoms with Crippen molar-refractivity contribution in [2.45, 2.75) is 12.6 Å². The zero-order valence-corrected chi connectivity index (χ0v) is 21.5. The van der Waals surface area contributed by atoms with E-state index in [4.69, 9.17) is 9.47 Å². The number of nitrogens with one attached hydrogen (secondary N) is 1. The molecule has 0 radical (unpaired) electrons. The maximum Gasteiger partial charge on any atom is 0.253 e. The lowest BCUT2D eigenvalue weighted by Gasteiger charge is -2.39. The minimum Gasteiger partial charge on any atom is -0.454 e. The second kappa shape index (κ2) is 10.1. The molecule has 0 unspecified atom stereocenters. The SMILES string of the molecule is O=c1[nH]c2cc3c(cc2cc1[C@H](c1nnnn1Cc1ccc(F)cc1)N1CCN(c2ccccc2)CC1)OCO3. The number of tetrazole rings is 1. The third-order valence-electron chi connectivity index (χ3n) is 7.51. The Kier molecular flexibility index (Phi) is 6.12. The lowest BCUT2D eigenvalue weighted by molar-refractivity contribution is 0.174. The largest absolute Gasteiger partial charge is 0.454 e. The molecule has 1 saturated heterocycles. The van der Waals surface area contributed by atoms with Gasteiger partial charge in [0.05, 0.1) is 12.1 Å². The first-order chi connectivity index (χ1) is 19.6. The van der Waals surface area contributed by atoms with Crippen LogP contribution in [0, 0.1) is 5.82 Å². The van der Waals surface area contributed by atoms with Crippen LogP contribution in [-0.4, -0.2) is 63.1 Å². The second-order valence-electron chi connectivity index (χ2n) is 9.93. The highest BCUT2D eigenvalue weighted by Crippen LogP contribution is 2.36. The highest BCUT2D eigenvalue weighted by atomic mass is 19.1. The van der Waals surface area contributed by atoms with Gasteiger partial charge in [-0.1, -0.05) is 30.3 Å². The van der Waals surface area contributed by atoms with Gasteiger partial charge in [-0.3, -0.25) is 9.69 Å². The van der Waals surface area contributed by atoms with Crippen LogP contribution in [-0.2, 0) is 6.54 Å². The molecule has 0 amide bonds. The molecule has 1 atom stereocenters. The number of H-pyrrole nitrogens is 1. The average Bonchev–Trinajstić information content (AvgIpc) is 3.64. The maximum atomic E-state index is 13.6. The van der Waals surface area contributed by atoms with Crippen LogP contribution in [0.1, 0.15) is 23.0 Å². The normalized spacial score (nSPS) is 16.0. The third kappa shape index (κ3) is 4.54. The third-order valence-corrected chi connectivity index (χ3v) is 7.51. The lowest BCUT2D eigenvalue weighted by atomic mass is 10.0. The molecule has 7 rings (SSSR count). The number of hydrogen-bond acceptors (Lipinski definition) is 8. The summed E-state index contributed by atoms with van der Waals surface area (Å²) in [4.78, 5) is 21.2. The van der Waals surface area contributed by atoms with Gasteiger partial charge in [-0.2, -0.15) is 0 Å². The summed E-state index contributed by atoms with van der Waals surface area (Å²) >= 11 is 0. The van der Waals surface area contributed by atoms with Crippen molar-refractivity contribution in [1.82, 2.24) is 30.1 Å².